The molecule has 0 bridgehead atoms. The maximum absolute atomic E-state index is 12.0. The van der Waals surface area contributed by atoms with Crippen molar-refractivity contribution in [3.8, 4) is 0 Å². The number of hydrogen-bond acceptors (Lipinski definition) is 2. The minimum atomic E-state index is -0.353. The van der Waals surface area contributed by atoms with Crippen LogP contribution in [0.25, 0.3) is 0 Å². The highest BCUT2D eigenvalue weighted by Gasteiger charge is 2.54. The Morgan fingerprint density at radius 3 is 2.65 bits per heavy atom. The van der Waals surface area contributed by atoms with Crippen LogP contribution in [0.1, 0.15) is 52.9 Å². The molecule has 1 aliphatic heterocycles. The number of urea groups is 1. The Labute approximate surface area is 103 Å². The molecule has 0 aromatic heterocycles. The molecule has 2 unspecified atom stereocenters. The van der Waals surface area contributed by atoms with Gasteiger partial charge in [0.2, 0.25) is 0 Å². The van der Waals surface area contributed by atoms with E-state index < -0.39 is 0 Å². The van der Waals surface area contributed by atoms with Crippen molar-refractivity contribution in [2.75, 3.05) is 0 Å². The van der Waals surface area contributed by atoms with Crippen molar-refractivity contribution in [2.24, 2.45) is 5.92 Å². The van der Waals surface area contributed by atoms with Crippen LogP contribution in [0, 0.1) is 11.3 Å². The number of nitrogens with zero attached hydrogens (tertiary/aromatic N) is 1. The summed E-state index contributed by atoms with van der Waals surface area (Å²) < 4.78 is 0. The smallest absolute Gasteiger partial charge is 0.309 e. The summed E-state index contributed by atoms with van der Waals surface area (Å²) in [6.07, 6.45) is 5.05. The number of hydrogen-bond donors (Lipinski definition) is 2. The molecule has 2 fully saturated rings. The van der Waals surface area contributed by atoms with Crippen LogP contribution < -0.4 is 5.32 Å². The van der Waals surface area contributed by atoms with Gasteiger partial charge in [0.25, 0.3) is 0 Å². The summed E-state index contributed by atoms with van der Waals surface area (Å²) in [6, 6.07) is 0.324. The predicted octanol–water partition coefficient (Wildman–Crippen LogP) is 2.74. The van der Waals surface area contributed by atoms with Crippen LogP contribution >= 0.6 is 0 Å². The van der Waals surface area contributed by atoms with Gasteiger partial charge in [-0.3, -0.25) is 10.7 Å². The van der Waals surface area contributed by atoms with E-state index in [9.17, 15) is 4.79 Å². The third kappa shape index (κ3) is 1.94. The molecule has 1 saturated heterocycles. The van der Waals surface area contributed by atoms with Crippen LogP contribution in [0.4, 0.5) is 4.79 Å². The summed E-state index contributed by atoms with van der Waals surface area (Å²) in [5, 5.41) is 10.9. The summed E-state index contributed by atoms with van der Waals surface area (Å²) in [5.74, 6) is 0.960. The van der Waals surface area contributed by atoms with Crippen LogP contribution in [0.2, 0.25) is 0 Å². The Balaban J connectivity index is 2.27. The summed E-state index contributed by atoms with van der Waals surface area (Å²) in [4.78, 5) is 13.9. The fraction of sp³-hybridized carbons (Fsp3) is 0.846. The van der Waals surface area contributed by atoms with Crippen LogP contribution in [0.15, 0.2) is 0 Å². The van der Waals surface area contributed by atoms with Crippen molar-refractivity contribution in [2.45, 2.75) is 64.5 Å². The first-order valence-electron chi connectivity index (χ1n) is 6.74. The topological polar surface area (TPSA) is 56.2 Å². The fourth-order valence-electron chi connectivity index (χ4n) is 2.86. The van der Waals surface area contributed by atoms with Gasteiger partial charge in [-0.1, -0.05) is 27.2 Å². The molecule has 17 heavy (non-hydrogen) atoms. The molecule has 2 atom stereocenters. The number of amidine groups is 1. The quantitative estimate of drug-likeness (QED) is 0.759. The molecule has 1 saturated carbocycles. The number of amides is 2. The minimum Gasteiger partial charge on any atom is -0.309 e. The Morgan fingerprint density at radius 1 is 1.53 bits per heavy atom. The third-order valence-electron chi connectivity index (χ3n) is 4.26. The molecule has 4 nitrogen and oxygen atoms in total. The zero-order chi connectivity index (χ0) is 12.6. The van der Waals surface area contributed by atoms with E-state index in [1.165, 1.54) is 0 Å². The molecule has 4 heteroatoms. The van der Waals surface area contributed by atoms with Gasteiger partial charge in [-0.2, -0.15) is 0 Å². The monoisotopic (exact) mass is 237 g/mol. The maximum atomic E-state index is 12.0. The van der Waals surface area contributed by atoms with Crippen molar-refractivity contribution in [3.63, 3.8) is 0 Å². The first-order valence-corrected chi connectivity index (χ1v) is 6.74. The standard InChI is InChI=1S/C13H23N3O/c1-4-9(3)8-13(5-2)11(14)15-12(17)16(13)10-6-7-10/h9-10H,4-8H2,1-3H3,(H2,14,15,17). The third-order valence-corrected chi connectivity index (χ3v) is 4.26. The Morgan fingerprint density at radius 2 is 2.18 bits per heavy atom. The van der Waals surface area contributed by atoms with Crippen LogP contribution in [-0.2, 0) is 0 Å². The van der Waals surface area contributed by atoms with Crippen molar-refractivity contribution in [3.05, 3.63) is 0 Å². The average Bonchev–Trinajstić information content (AvgIpc) is 3.08. The van der Waals surface area contributed by atoms with Gasteiger partial charge >= 0.3 is 6.03 Å². The Kier molecular flexibility index (Phi) is 3.15. The largest absolute Gasteiger partial charge is 0.323 e. The van der Waals surface area contributed by atoms with E-state index >= 15 is 0 Å². The van der Waals surface area contributed by atoms with Crippen LogP contribution in [-0.4, -0.2) is 28.3 Å². The maximum Gasteiger partial charge on any atom is 0.323 e. The molecule has 0 radical (unpaired) electrons. The molecule has 0 spiro atoms. The molecule has 1 aliphatic carbocycles. The highest BCUT2D eigenvalue weighted by Crippen LogP contribution is 2.41. The normalized spacial score (nSPS) is 30.6. The van der Waals surface area contributed by atoms with E-state index in [0.717, 1.165) is 32.1 Å². The van der Waals surface area contributed by atoms with Gasteiger partial charge < -0.3 is 4.90 Å². The van der Waals surface area contributed by atoms with Gasteiger partial charge in [0.15, 0.2) is 0 Å². The van der Waals surface area contributed by atoms with Gasteiger partial charge in [0, 0.05) is 6.04 Å². The van der Waals surface area contributed by atoms with E-state index in [1.807, 2.05) is 4.90 Å². The van der Waals surface area contributed by atoms with E-state index in [4.69, 9.17) is 5.41 Å². The molecule has 1 heterocycles. The lowest BCUT2D eigenvalue weighted by Crippen LogP contribution is -2.51. The molecule has 2 amide bonds. The Bertz CT molecular complexity index is 338. The predicted molar refractivity (Wildman–Crippen MR) is 68.2 cm³/mol. The summed E-state index contributed by atoms with van der Waals surface area (Å²) in [7, 11) is 0. The molecule has 0 aromatic rings. The average molecular weight is 237 g/mol. The lowest BCUT2D eigenvalue weighted by atomic mass is 9.83. The van der Waals surface area contributed by atoms with E-state index in [2.05, 4.69) is 26.1 Å². The molecule has 2 N–H and O–H groups in total. The molecule has 0 aromatic carbocycles. The lowest BCUT2D eigenvalue weighted by Gasteiger charge is -2.38. The number of carbonyl (C=O) groups is 1. The van der Waals surface area contributed by atoms with Gasteiger partial charge in [0.1, 0.15) is 11.4 Å². The van der Waals surface area contributed by atoms with Gasteiger partial charge in [-0.05, 0) is 31.6 Å². The number of rotatable bonds is 5. The van der Waals surface area contributed by atoms with E-state index in [-0.39, 0.29) is 11.6 Å². The van der Waals surface area contributed by atoms with E-state index in [1.54, 1.807) is 0 Å². The van der Waals surface area contributed by atoms with Crippen molar-refractivity contribution < 1.29 is 4.79 Å². The van der Waals surface area contributed by atoms with Crippen LogP contribution in [0.3, 0.4) is 0 Å². The molecule has 96 valence electrons. The summed E-state index contributed by atoms with van der Waals surface area (Å²) in [6.45, 7) is 6.47. The number of nitrogens with one attached hydrogen (secondary N) is 2. The van der Waals surface area contributed by atoms with Crippen LogP contribution in [0.5, 0.6) is 0 Å². The van der Waals surface area contributed by atoms with Gasteiger partial charge in [0.05, 0.1) is 0 Å². The zero-order valence-electron chi connectivity index (χ0n) is 11.0. The van der Waals surface area contributed by atoms with Crippen molar-refractivity contribution in [1.29, 1.82) is 5.41 Å². The molecule has 2 rings (SSSR count). The van der Waals surface area contributed by atoms with Crippen molar-refractivity contribution >= 4 is 11.9 Å². The molecular weight excluding hydrogens is 214 g/mol. The van der Waals surface area contributed by atoms with Gasteiger partial charge in [-0.15, -0.1) is 0 Å². The second kappa shape index (κ2) is 4.31. The first-order chi connectivity index (χ1) is 8.05. The second-order valence-electron chi connectivity index (χ2n) is 5.51. The lowest BCUT2D eigenvalue weighted by molar-refractivity contribution is 0.147. The van der Waals surface area contributed by atoms with Crippen molar-refractivity contribution in [1.82, 2.24) is 10.2 Å². The van der Waals surface area contributed by atoms with Gasteiger partial charge in [-0.25, -0.2) is 4.79 Å². The summed E-state index contributed by atoms with van der Waals surface area (Å²) in [5.41, 5.74) is -0.353. The molecular formula is C13H23N3O. The molecule has 2 aliphatic rings. The SMILES string of the molecule is CCC(C)CC1(CC)C(=N)NC(=O)N1C1CC1. The highest BCUT2D eigenvalue weighted by molar-refractivity contribution is 6.08. The number of carbonyl (C=O) groups excluding carboxylic acids is 1. The first kappa shape index (κ1) is 12.4. The highest BCUT2D eigenvalue weighted by atomic mass is 16.2. The summed E-state index contributed by atoms with van der Waals surface area (Å²) >= 11 is 0. The Hall–Kier alpha value is -1.06. The fourth-order valence-corrected chi connectivity index (χ4v) is 2.86. The second-order valence-corrected chi connectivity index (χ2v) is 5.51. The van der Waals surface area contributed by atoms with E-state index in [0.29, 0.717) is 17.8 Å². The zero-order valence-corrected chi connectivity index (χ0v) is 11.0. The minimum absolute atomic E-state index is 0.0531.